The van der Waals surface area contributed by atoms with Crippen LogP contribution in [0.25, 0.3) is 0 Å². The van der Waals surface area contributed by atoms with Gasteiger partial charge in [-0.05, 0) is 24.5 Å². The maximum absolute atomic E-state index is 12.2. The van der Waals surface area contributed by atoms with Crippen LogP contribution in [-0.4, -0.2) is 36.3 Å². The fourth-order valence-corrected chi connectivity index (χ4v) is 2.62. The van der Waals surface area contributed by atoms with Crippen molar-refractivity contribution in [3.05, 3.63) is 34.9 Å². The van der Waals surface area contributed by atoms with E-state index in [1.807, 2.05) is 39.0 Å². The summed E-state index contributed by atoms with van der Waals surface area (Å²) < 4.78 is 0. The minimum atomic E-state index is -0.437. The quantitative estimate of drug-likeness (QED) is 0.767. The first-order chi connectivity index (χ1) is 10.3. The fourth-order valence-electron chi connectivity index (χ4n) is 2.32. The van der Waals surface area contributed by atoms with Crippen LogP contribution in [0.4, 0.5) is 0 Å². The third kappa shape index (κ3) is 6.45. The zero-order chi connectivity index (χ0) is 16.7. The van der Waals surface area contributed by atoms with Crippen LogP contribution in [0, 0.1) is 5.92 Å². The number of nitrogens with zero attached hydrogens (tertiary/aromatic N) is 1. The number of hydrogen-bond acceptors (Lipinski definition) is 3. The van der Waals surface area contributed by atoms with Gasteiger partial charge in [0.2, 0.25) is 11.8 Å². The molecule has 1 atom stereocenters. The van der Waals surface area contributed by atoms with E-state index in [1.54, 1.807) is 11.0 Å². The number of primary amides is 1. The number of amides is 2. The molecule has 1 rings (SSSR count). The molecule has 0 unspecified atom stereocenters. The molecule has 0 saturated carbocycles. The molecule has 1 aromatic carbocycles. The highest BCUT2D eigenvalue weighted by molar-refractivity contribution is 6.31. The first-order valence-electron chi connectivity index (χ1n) is 7.34. The normalized spacial score (nSPS) is 12.5. The van der Waals surface area contributed by atoms with Gasteiger partial charge in [-0.25, -0.2) is 0 Å². The summed E-state index contributed by atoms with van der Waals surface area (Å²) in [6, 6.07) is 7.19. The average Bonchev–Trinajstić information content (AvgIpc) is 2.36. The number of nitrogens with two attached hydrogens (primary N) is 1. The highest BCUT2D eigenvalue weighted by Gasteiger charge is 2.17. The largest absolute Gasteiger partial charge is 0.369 e. The Balaban J connectivity index is 2.62. The molecule has 0 saturated heterocycles. The lowest BCUT2D eigenvalue weighted by Gasteiger charge is -2.23. The maximum Gasteiger partial charge on any atom is 0.234 e. The molecule has 0 heterocycles. The van der Waals surface area contributed by atoms with Gasteiger partial charge >= 0.3 is 0 Å². The molecule has 0 radical (unpaired) electrons. The van der Waals surface area contributed by atoms with E-state index in [9.17, 15) is 9.59 Å². The van der Waals surface area contributed by atoms with Crippen molar-refractivity contribution in [1.82, 2.24) is 10.2 Å². The number of benzene rings is 1. The molecule has 0 aromatic heterocycles. The van der Waals surface area contributed by atoms with Crippen molar-refractivity contribution in [3.8, 4) is 0 Å². The van der Waals surface area contributed by atoms with Crippen molar-refractivity contribution in [2.75, 3.05) is 19.6 Å². The second-order valence-corrected chi connectivity index (χ2v) is 6.25. The molecule has 2 amide bonds. The van der Waals surface area contributed by atoms with E-state index in [-0.39, 0.29) is 25.0 Å². The minimum Gasteiger partial charge on any atom is -0.369 e. The van der Waals surface area contributed by atoms with Crippen LogP contribution < -0.4 is 11.1 Å². The van der Waals surface area contributed by atoms with E-state index in [0.29, 0.717) is 17.5 Å². The van der Waals surface area contributed by atoms with Gasteiger partial charge in [0, 0.05) is 11.6 Å². The maximum atomic E-state index is 12.2. The Hall–Kier alpha value is -1.59. The second-order valence-electron chi connectivity index (χ2n) is 5.84. The first kappa shape index (κ1) is 18.5. The Morgan fingerprint density at radius 3 is 2.41 bits per heavy atom. The van der Waals surface area contributed by atoms with Crippen LogP contribution in [0.15, 0.2) is 24.3 Å². The molecule has 122 valence electrons. The van der Waals surface area contributed by atoms with E-state index in [0.717, 1.165) is 5.56 Å². The molecule has 5 nitrogen and oxygen atoms in total. The van der Waals surface area contributed by atoms with E-state index < -0.39 is 5.91 Å². The van der Waals surface area contributed by atoms with Crippen molar-refractivity contribution in [3.63, 3.8) is 0 Å². The summed E-state index contributed by atoms with van der Waals surface area (Å²) in [4.78, 5) is 25.0. The van der Waals surface area contributed by atoms with E-state index >= 15 is 0 Å². The monoisotopic (exact) mass is 325 g/mol. The van der Waals surface area contributed by atoms with Gasteiger partial charge in [0.1, 0.15) is 0 Å². The van der Waals surface area contributed by atoms with Gasteiger partial charge in [0.25, 0.3) is 0 Å². The molecule has 0 bridgehead atoms. The van der Waals surface area contributed by atoms with Gasteiger partial charge < -0.3 is 11.1 Å². The van der Waals surface area contributed by atoms with E-state index in [2.05, 4.69) is 5.32 Å². The zero-order valence-corrected chi connectivity index (χ0v) is 14.1. The number of rotatable bonds is 8. The van der Waals surface area contributed by atoms with Crippen LogP contribution in [0.2, 0.25) is 5.02 Å². The van der Waals surface area contributed by atoms with Crippen LogP contribution in [0.3, 0.4) is 0 Å². The molecule has 0 aliphatic rings. The average molecular weight is 326 g/mol. The Bertz CT molecular complexity index is 520. The molecule has 0 fully saturated rings. The lowest BCUT2D eigenvalue weighted by molar-refractivity contribution is -0.124. The topological polar surface area (TPSA) is 75.4 Å². The predicted octanol–water partition coefficient (Wildman–Crippen LogP) is 1.96. The fraction of sp³-hybridized carbons (Fsp3) is 0.500. The molecular weight excluding hydrogens is 302 g/mol. The Labute approximate surface area is 136 Å². The summed E-state index contributed by atoms with van der Waals surface area (Å²) in [6.45, 7) is 6.77. The summed E-state index contributed by atoms with van der Waals surface area (Å²) in [5, 5.41) is 3.51. The van der Waals surface area contributed by atoms with Crippen molar-refractivity contribution in [2.24, 2.45) is 11.7 Å². The SMILES string of the molecule is CC(C)CN(CC(N)=O)CC(=O)N[C@H](C)c1ccccc1Cl. The van der Waals surface area contributed by atoms with Crippen molar-refractivity contribution >= 4 is 23.4 Å². The highest BCUT2D eigenvalue weighted by Crippen LogP contribution is 2.21. The standard InChI is InChI=1S/C16H24ClN3O2/c1-11(2)8-20(9-15(18)21)10-16(22)19-12(3)13-6-4-5-7-14(13)17/h4-7,11-12H,8-10H2,1-3H3,(H2,18,21)(H,19,22)/t12-/m1/s1. The summed E-state index contributed by atoms with van der Waals surface area (Å²) >= 11 is 6.12. The predicted molar refractivity (Wildman–Crippen MR) is 88.5 cm³/mol. The van der Waals surface area contributed by atoms with Crippen molar-refractivity contribution in [2.45, 2.75) is 26.8 Å². The summed E-state index contributed by atoms with van der Waals surface area (Å²) in [7, 11) is 0. The van der Waals surface area contributed by atoms with E-state index in [1.165, 1.54) is 0 Å². The molecular formula is C16H24ClN3O2. The highest BCUT2D eigenvalue weighted by atomic mass is 35.5. The minimum absolute atomic E-state index is 0.0755. The van der Waals surface area contributed by atoms with Crippen LogP contribution in [-0.2, 0) is 9.59 Å². The molecule has 0 spiro atoms. The summed E-state index contributed by atoms with van der Waals surface area (Å²) in [5.74, 6) is -0.255. The first-order valence-corrected chi connectivity index (χ1v) is 7.71. The number of halogens is 1. The van der Waals surface area contributed by atoms with E-state index in [4.69, 9.17) is 17.3 Å². The van der Waals surface area contributed by atoms with Crippen LogP contribution in [0.1, 0.15) is 32.4 Å². The summed E-state index contributed by atoms with van der Waals surface area (Å²) in [5.41, 5.74) is 6.09. The molecule has 0 aliphatic carbocycles. The molecule has 6 heteroatoms. The third-order valence-corrected chi connectivity index (χ3v) is 3.46. The van der Waals surface area contributed by atoms with Crippen LogP contribution in [0.5, 0.6) is 0 Å². The number of nitrogens with one attached hydrogen (secondary N) is 1. The van der Waals surface area contributed by atoms with Crippen LogP contribution >= 0.6 is 11.6 Å². The Kier molecular flexibility index (Phi) is 7.35. The van der Waals surface area contributed by atoms with Gasteiger partial charge in [-0.15, -0.1) is 0 Å². The zero-order valence-electron chi connectivity index (χ0n) is 13.3. The Morgan fingerprint density at radius 2 is 1.86 bits per heavy atom. The number of hydrogen-bond donors (Lipinski definition) is 2. The number of carbonyl (C=O) groups is 2. The summed E-state index contributed by atoms with van der Waals surface area (Å²) in [6.07, 6.45) is 0. The second kappa shape index (κ2) is 8.76. The smallest absolute Gasteiger partial charge is 0.234 e. The van der Waals surface area contributed by atoms with Gasteiger partial charge in [-0.3, -0.25) is 14.5 Å². The lowest BCUT2D eigenvalue weighted by atomic mass is 10.1. The van der Waals surface area contributed by atoms with Gasteiger partial charge in [0.15, 0.2) is 0 Å². The number of carbonyl (C=O) groups excluding carboxylic acids is 2. The molecule has 0 aliphatic heterocycles. The van der Waals surface area contributed by atoms with Crippen molar-refractivity contribution < 1.29 is 9.59 Å². The molecule has 3 N–H and O–H groups in total. The van der Waals surface area contributed by atoms with Gasteiger partial charge in [0.05, 0.1) is 19.1 Å². The third-order valence-electron chi connectivity index (χ3n) is 3.12. The lowest BCUT2D eigenvalue weighted by Crippen LogP contribution is -2.43. The molecule has 1 aromatic rings. The van der Waals surface area contributed by atoms with Gasteiger partial charge in [-0.2, -0.15) is 0 Å². The molecule has 22 heavy (non-hydrogen) atoms. The van der Waals surface area contributed by atoms with Crippen molar-refractivity contribution in [1.29, 1.82) is 0 Å². The Morgan fingerprint density at radius 1 is 1.23 bits per heavy atom. The van der Waals surface area contributed by atoms with Gasteiger partial charge in [-0.1, -0.05) is 43.6 Å².